The average Bonchev–Trinajstić information content (AvgIpc) is 3.07. The fourth-order valence-corrected chi connectivity index (χ4v) is 3.60. The van der Waals surface area contributed by atoms with Gasteiger partial charge in [-0.25, -0.2) is 4.79 Å². The lowest BCUT2D eigenvalue weighted by Gasteiger charge is -2.24. The molecular formula is C20H25N5O4. The summed E-state index contributed by atoms with van der Waals surface area (Å²) in [6, 6.07) is 9.16. The third kappa shape index (κ3) is 3.94. The highest BCUT2D eigenvalue weighted by Gasteiger charge is 2.38. The van der Waals surface area contributed by atoms with E-state index in [1.807, 2.05) is 44.2 Å². The number of nitrogens with two attached hydrogens (primary N) is 1. The van der Waals surface area contributed by atoms with Gasteiger partial charge in [-0.15, -0.1) is 0 Å². The number of aromatic nitrogens is 2. The van der Waals surface area contributed by atoms with Crippen molar-refractivity contribution >= 4 is 23.3 Å². The molecular weight excluding hydrogens is 374 g/mol. The fraction of sp³-hybridized carbons (Fsp3) is 0.400. The van der Waals surface area contributed by atoms with Crippen molar-refractivity contribution in [2.75, 3.05) is 24.2 Å². The number of nitrogens with zero attached hydrogens (tertiary/aromatic N) is 3. The van der Waals surface area contributed by atoms with Crippen molar-refractivity contribution in [3.8, 4) is 0 Å². The largest absolute Gasteiger partial charge is 0.383 e. The number of nitrogen functional groups attached to an aromatic ring is 1. The minimum absolute atomic E-state index is 0.00754. The molecule has 1 aliphatic heterocycles. The second-order valence-electron chi connectivity index (χ2n) is 7.50. The van der Waals surface area contributed by atoms with Crippen molar-refractivity contribution in [1.29, 1.82) is 0 Å². The predicted octanol–water partition coefficient (Wildman–Crippen LogP) is 0.387. The molecule has 1 unspecified atom stereocenters. The van der Waals surface area contributed by atoms with Crippen molar-refractivity contribution < 1.29 is 9.59 Å². The van der Waals surface area contributed by atoms with Gasteiger partial charge in [-0.1, -0.05) is 30.3 Å². The molecule has 0 saturated carbocycles. The van der Waals surface area contributed by atoms with E-state index in [2.05, 4.69) is 4.98 Å². The van der Waals surface area contributed by atoms with E-state index >= 15 is 0 Å². The zero-order chi connectivity index (χ0) is 21.3. The summed E-state index contributed by atoms with van der Waals surface area (Å²) in [5.41, 5.74) is 5.48. The summed E-state index contributed by atoms with van der Waals surface area (Å²) in [7, 11) is 1.43. The molecule has 154 valence electrons. The van der Waals surface area contributed by atoms with Crippen LogP contribution in [0.25, 0.3) is 0 Å². The molecule has 1 aliphatic rings. The Morgan fingerprint density at radius 1 is 1.24 bits per heavy atom. The van der Waals surface area contributed by atoms with Gasteiger partial charge in [0.1, 0.15) is 5.82 Å². The second-order valence-corrected chi connectivity index (χ2v) is 7.50. The molecule has 0 aliphatic carbocycles. The van der Waals surface area contributed by atoms with Gasteiger partial charge in [0.05, 0.1) is 12.5 Å². The first-order valence-corrected chi connectivity index (χ1v) is 9.44. The van der Waals surface area contributed by atoms with Crippen LogP contribution in [0.15, 0.2) is 39.9 Å². The first-order valence-electron chi connectivity index (χ1n) is 9.44. The molecule has 3 N–H and O–H groups in total. The summed E-state index contributed by atoms with van der Waals surface area (Å²) in [5.74, 6) is -1.14. The van der Waals surface area contributed by atoms with E-state index < -0.39 is 17.2 Å². The van der Waals surface area contributed by atoms with E-state index in [1.54, 1.807) is 4.90 Å². The Labute approximate surface area is 167 Å². The summed E-state index contributed by atoms with van der Waals surface area (Å²) in [4.78, 5) is 54.9. The molecule has 3 rings (SSSR count). The Balaban J connectivity index is 1.93. The number of nitrogens with one attached hydrogen (secondary N) is 1. The number of carbonyl (C=O) groups is 2. The summed E-state index contributed by atoms with van der Waals surface area (Å²) in [6.45, 7) is 4.22. The van der Waals surface area contributed by atoms with Crippen LogP contribution < -0.4 is 21.9 Å². The predicted molar refractivity (Wildman–Crippen MR) is 110 cm³/mol. The van der Waals surface area contributed by atoms with E-state index in [0.29, 0.717) is 6.54 Å². The standard InChI is InChI=1S/C20H25N5O4/c1-12(2)24-11-14(9-15(24)26)19(28)23(3)16-17(21)25(20(29)22-18(16)27)10-13-7-5-4-6-8-13/h4-8,12,14H,9-11,21H2,1-3H3,(H,22,27,29). The highest BCUT2D eigenvalue weighted by atomic mass is 16.2. The van der Waals surface area contributed by atoms with Crippen molar-refractivity contribution in [2.45, 2.75) is 32.9 Å². The average molecular weight is 399 g/mol. The molecule has 2 heterocycles. The Bertz CT molecular complexity index is 1040. The minimum Gasteiger partial charge on any atom is -0.383 e. The number of anilines is 2. The number of likely N-dealkylation sites (tertiary alicyclic amines) is 1. The first kappa shape index (κ1) is 20.4. The SMILES string of the molecule is CC(C)N1CC(C(=O)N(C)c2c(N)n(Cc3ccccc3)c(=O)[nH]c2=O)CC1=O. The zero-order valence-corrected chi connectivity index (χ0v) is 16.7. The zero-order valence-electron chi connectivity index (χ0n) is 16.7. The quantitative estimate of drug-likeness (QED) is 0.753. The molecule has 2 amide bonds. The van der Waals surface area contributed by atoms with Gasteiger partial charge in [-0.05, 0) is 19.4 Å². The summed E-state index contributed by atoms with van der Waals surface area (Å²) < 4.78 is 1.22. The van der Waals surface area contributed by atoms with Crippen LogP contribution in [0, 0.1) is 5.92 Å². The van der Waals surface area contributed by atoms with Crippen molar-refractivity contribution in [3.63, 3.8) is 0 Å². The molecule has 1 aromatic carbocycles. The summed E-state index contributed by atoms with van der Waals surface area (Å²) >= 11 is 0. The molecule has 0 bridgehead atoms. The van der Waals surface area contributed by atoms with Crippen LogP contribution in [0.2, 0.25) is 0 Å². The van der Waals surface area contributed by atoms with Crippen LogP contribution in [0.5, 0.6) is 0 Å². The van der Waals surface area contributed by atoms with E-state index in [1.165, 1.54) is 11.6 Å². The van der Waals surface area contributed by atoms with Gasteiger partial charge in [-0.3, -0.25) is 23.9 Å². The molecule has 2 aromatic rings. The number of hydrogen-bond donors (Lipinski definition) is 2. The molecule has 1 aromatic heterocycles. The number of aromatic amines is 1. The number of hydrogen-bond acceptors (Lipinski definition) is 5. The Hall–Kier alpha value is -3.36. The van der Waals surface area contributed by atoms with Gasteiger partial charge < -0.3 is 15.5 Å². The Morgan fingerprint density at radius 2 is 1.90 bits per heavy atom. The normalized spacial score (nSPS) is 16.5. The van der Waals surface area contributed by atoms with Gasteiger partial charge in [0, 0.05) is 26.1 Å². The van der Waals surface area contributed by atoms with Gasteiger partial charge in [0.2, 0.25) is 11.8 Å². The van der Waals surface area contributed by atoms with Crippen LogP contribution in [-0.2, 0) is 16.1 Å². The topological polar surface area (TPSA) is 122 Å². The molecule has 0 spiro atoms. The third-order valence-corrected chi connectivity index (χ3v) is 5.19. The van der Waals surface area contributed by atoms with E-state index in [9.17, 15) is 19.2 Å². The second kappa shape index (κ2) is 7.94. The van der Waals surface area contributed by atoms with Crippen molar-refractivity contribution in [1.82, 2.24) is 14.5 Å². The maximum Gasteiger partial charge on any atom is 0.330 e. The molecule has 9 nitrogen and oxygen atoms in total. The number of amides is 2. The number of H-pyrrole nitrogens is 1. The number of rotatable bonds is 5. The van der Waals surface area contributed by atoms with Crippen LogP contribution >= 0.6 is 0 Å². The van der Waals surface area contributed by atoms with Gasteiger partial charge in [0.25, 0.3) is 5.56 Å². The molecule has 1 saturated heterocycles. The highest BCUT2D eigenvalue weighted by Crippen LogP contribution is 2.25. The summed E-state index contributed by atoms with van der Waals surface area (Å²) in [6.07, 6.45) is 0.0861. The van der Waals surface area contributed by atoms with Crippen LogP contribution in [0.4, 0.5) is 11.5 Å². The Morgan fingerprint density at radius 3 is 2.48 bits per heavy atom. The highest BCUT2D eigenvalue weighted by molar-refractivity contribution is 6.00. The molecule has 1 atom stereocenters. The van der Waals surface area contributed by atoms with Crippen LogP contribution in [-0.4, -0.2) is 45.9 Å². The minimum atomic E-state index is -0.738. The number of carbonyl (C=O) groups excluding carboxylic acids is 2. The van der Waals surface area contributed by atoms with Gasteiger partial charge >= 0.3 is 5.69 Å². The summed E-state index contributed by atoms with van der Waals surface area (Å²) in [5, 5.41) is 0. The van der Waals surface area contributed by atoms with Crippen molar-refractivity contribution in [3.05, 3.63) is 56.7 Å². The monoisotopic (exact) mass is 399 g/mol. The lowest BCUT2D eigenvalue weighted by atomic mass is 10.1. The maximum absolute atomic E-state index is 13.0. The molecule has 1 fully saturated rings. The lowest BCUT2D eigenvalue weighted by molar-refractivity contribution is -0.129. The number of benzene rings is 1. The van der Waals surface area contributed by atoms with E-state index in [-0.39, 0.29) is 42.3 Å². The van der Waals surface area contributed by atoms with Crippen LogP contribution in [0.3, 0.4) is 0 Å². The molecule has 9 heteroatoms. The van der Waals surface area contributed by atoms with Crippen LogP contribution in [0.1, 0.15) is 25.8 Å². The molecule has 0 radical (unpaired) electrons. The van der Waals surface area contributed by atoms with Gasteiger partial charge in [-0.2, -0.15) is 0 Å². The lowest BCUT2D eigenvalue weighted by Crippen LogP contribution is -2.42. The smallest absolute Gasteiger partial charge is 0.330 e. The van der Waals surface area contributed by atoms with E-state index in [0.717, 1.165) is 10.5 Å². The maximum atomic E-state index is 13.0. The van der Waals surface area contributed by atoms with E-state index in [4.69, 9.17) is 5.73 Å². The first-order chi connectivity index (χ1) is 13.7. The van der Waals surface area contributed by atoms with Gasteiger partial charge in [0.15, 0.2) is 5.69 Å². The fourth-order valence-electron chi connectivity index (χ4n) is 3.60. The Kier molecular flexibility index (Phi) is 5.58. The van der Waals surface area contributed by atoms with Crippen molar-refractivity contribution in [2.24, 2.45) is 5.92 Å². The molecule has 29 heavy (non-hydrogen) atoms. The third-order valence-electron chi connectivity index (χ3n) is 5.19.